The predicted molar refractivity (Wildman–Crippen MR) is 92.7 cm³/mol. The molecule has 0 atom stereocenters. The highest BCUT2D eigenvalue weighted by molar-refractivity contribution is 4.88. The Morgan fingerprint density at radius 2 is 1.67 bits per heavy atom. The minimum atomic E-state index is 0.561. The molecular formula is C19H38N2. The van der Waals surface area contributed by atoms with Crippen LogP contribution in [0.15, 0.2) is 0 Å². The molecule has 1 heterocycles. The molecule has 2 heteroatoms. The smallest absolute Gasteiger partial charge is 0.00501 e. The standard InChI is InChI=1S/C19H38N2/c1-17(2)14-20-15-19(10-6-4-5-7-11-19)16-21-12-8-18(3)9-13-21/h17-18,20H,4-16H2,1-3H3. The van der Waals surface area contributed by atoms with Crippen LogP contribution in [0.2, 0.25) is 0 Å². The fourth-order valence-corrected chi connectivity index (χ4v) is 4.19. The lowest BCUT2D eigenvalue weighted by Gasteiger charge is -2.41. The van der Waals surface area contributed by atoms with Gasteiger partial charge in [-0.05, 0) is 62.6 Å². The van der Waals surface area contributed by atoms with Gasteiger partial charge < -0.3 is 10.2 Å². The van der Waals surface area contributed by atoms with E-state index in [9.17, 15) is 0 Å². The average Bonchev–Trinajstić information content (AvgIpc) is 2.67. The van der Waals surface area contributed by atoms with Gasteiger partial charge in [-0.25, -0.2) is 0 Å². The van der Waals surface area contributed by atoms with Gasteiger partial charge in [-0.2, -0.15) is 0 Å². The summed E-state index contributed by atoms with van der Waals surface area (Å²) in [6, 6.07) is 0. The molecule has 124 valence electrons. The second-order valence-corrected chi connectivity index (χ2v) is 8.40. The SMILES string of the molecule is CC(C)CNCC1(CN2CCC(C)CC2)CCCCCC1. The highest BCUT2D eigenvalue weighted by Crippen LogP contribution is 2.36. The number of hydrogen-bond acceptors (Lipinski definition) is 2. The second kappa shape index (κ2) is 8.53. The molecule has 1 saturated carbocycles. The van der Waals surface area contributed by atoms with E-state index in [4.69, 9.17) is 0 Å². The molecule has 0 aromatic heterocycles. The monoisotopic (exact) mass is 294 g/mol. The lowest BCUT2D eigenvalue weighted by Crippen LogP contribution is -2.46. The summed E-state index contributed by atoms with van der Waals surface area (Å²) in [5.74, 6) is 1.72. The Balaban J connectivity index is 1.90. The average molecular weight is 295 g/mol. The van der Waals surface area contributed by atoms with Gasteiger partial charge in [0.25, 0.3) is 0 Å². The predicted octanol–water partition coefficient (Wildman–Crippen LogP) is 4.30. The number of nitrogens with one attached hydrogen (secondary N) is 1. The van der Waals surface area contributed by atoms with Gasteiger partial charge >= 0.3 is 0 Å². The van der Waals surface area contributed by atoms with Crippen LogP contribution >= 0.6 is 0 Å². The van der Waals surface area contributed by atoms with E-state index in [1.807, 2.05) is 0 Å². The van der Waals surface area contributed by atoms with E-state index < -0.39 is 0 Å². The maximum Gasteiger partial charge on any atom is 0.00501 e. The summed E-state index contributed by atoms with van der Waals surface area (Å²) in [6.45, 7) is 13.5. The Bertz CT molecular complexity index is 271. The molecule has 2 fully saturated rings. The second-order valence-electron chi connectivity index (χ2n) is 8.40. The summed E-state index contributed by atoms with van der Waals surface area (Å²) in [4.78, 5) is 2.78. The Kier molecular flexibility index (Phi) is 7.01. The first-order valence-corrected chi connectivity index (χ1v) is 9.53. The van der Waals surface area contributed by atoms with Crippen molar-refractivity contribution in [3.8, 4) is 0 Å². The van der Waals surface area contributed by atoms with Crippen molar-refractivity contribution in [3.05, 3.63) is 0 Å². The van der Waals surface area contributed by atoms with Crippen LogP contribution in [0, 0.1) is 17.3 Å². The lowest BCUT2D eigenvalue weighted by molar-refractivity contribution is 0.0972. The van der Waals surface area contributed by atoms with Gasteiger partial charge in [0.1, 0.15) is 0 Å². The van der Waals surface area contributed by atoms with Gasteiger partial charge in [0.2, 0.25) is 0 Å². The molecule has 1 aliphatic carbocycles. The molecule has 2 rings (SSSR count). The van der Waals surface area contributed by atoms with Crippen LogP contribution in [-0.4, -0.2) is 37.6 Å². The van der Waals surface area contributed by atoms with Gasteiger partial charge in [0, 0.05) is 13.1 Å². The van der Waals surface area contributed by atoms with E-state index >= 15 is 0 Å². The fraction of sp³-hybridized carbons (Fsp3) is 1.00. The van der Waals surface area contributed by atoms with E-state index in [0.717, 1.165) is 11.8 Å². The molecule has 0 unspecified atom stereocenters. The molecule has 0 amide bonds. The summed E-state index contributed by atoms with van der Waals surface area (Å²) < 4.78 is 0. The zero-order valence-corrected chi connectivity index (χ0v) is 14.8. The highest BCUT2D eigenvalue weighted by atomic mass is 15.1. The van der Waals surface area contributed by atoms with Crippen molar-refractivity contribution in [1.82, 2.24) is 10.2 Å². The van der Waals surface area contributed by atoms with Crippen molar-refractivity contribution in [2.45, 2.75) is 72.1 Å². The molecule has 1 N–H and O–H groups in total. The maximum absolute atomic E-state index is 3.79. The Labute approximate surface area is 133 Å². The zero-order valence-electron chi connectivity index (χ0n) is 14.8. The summed E-state index contributed by atoms with van der Waals surface area (Å²) in [5.41, 5.74) is 0.561. The van der Waals surface area contributed by atoms with E-state index in [1.165, 1.54) is 84.1 Å². The first kappa shape index (κ1) is 17.3. The summed E-state index contributed by atoms with van der Waals surface area (Å²) in [7, 11) is 0. The van der Waals surface area contributed by atoms with Gasteiger partial charge in [0.05, 0.1) is 0 Å². The van der Waals surface area contributed by atoms with Crippen molar-refractivity contribution in [2.24, 2.45) is 17.3 Å². The molecular weight excluding hydrogens is 256 g/mol. The number of piperidine rings is 1. The first-order valence-electron chi connectivity index (χ1n) is 9.53. The Morgan fingerprint density at radius 1 is 1.05 bits per heavy atom. The normalized spacial score (nSPS) is 25.1. The third kappa shape index (κ3) is 5.90. The molecule has 21 heavy (non-hydrogen) atoms. The van der Waals surface area contributed by atoms with E-state index in [0.29, 0.717) is 5.41 Å². The molecule has 0 aromatic carbocycles. The molecule has 0 spiro atoms. The van der Waals surface area contributed by atoms with Gasteiger partial charge in [-0.3, -0.25) is 0 Å². The van der Waals surface area contributed by atoms with Crippen molar-refractivity contribution >= 4 is 0 Å². The highest BCUT2D eigenvalue weighted by Gasteiger charge is 2.33. The van der Waals surface area contributed by atoms with Crippen LogP contribution in [0.4, 0.5) is 0 Å². The first-order chi connectivity index (χ1) is 10.1. The van der Waals surface area contributed by atoms with Crippen molar-refractivity contribution < 1.29 is 0 Å². The van der Waals surface area contributed by atoms with E-state index in [2.05, 4.69) is 31.0 Å². The van der Waals surface area contributed by atoms with Crippen LogP contribution in [0.25, 0.3) is 0 Å². The number of likely N-dealkylation sites (tertiary alicyclic amines) is 1. The molecule has 0 radical (unpaired) electrons. The summed E-state index contributed by atoms with van der Waals surface area (Å²) >= 11 is 0. The van der Waals surface area contributed by atoms with E-state index in [-0.39, 0.29) is 0 Å². The summed E-state index contributed by atoms with van der Waals surface area (Å²) in [6.07, 6.45) is 11.5. The molecule has 2 nitrogen and oxygen atoms in total. The zero-order chi connectivity index (χ0) is 15.1. The third-order valence-electron chi connectivity index (χ3n) is 5.65. The Morgan fingerprint density at radius 3 is 2.24 bits per heavy atom. The summed E-state index contributed by atoms with van der Waals surface area (Å²) in [5, 5.41) is 3.79. The molecule has 1 saturated heterocycles. The van der Waals surface area contributed by atoms with Crippen molar-refractivity contribution in [2.75, 3.05) is 32.7 Å². The fourth-order valence-electron chi connectivity index (χ4n) is 4.19. The molecule has 0 bridgehead atoms. The number of rotatable bonds is 6. The van der Waals surface area contributed by atoms with Crippen LogP contribution in [-0.2, 0) is 0 Å². The van der Waals surface area contributed by atoms with Crippen LogP contribution < -0.4 is 5.32 Å². The van der Waals surface area contributed by atoms with Crippen molar-refractivity contribution in [3.63, 3.8) is 0 Å². The van der Waals surface area contributed by atoms with Crippen LogP contribution in [0.1, 0.15) is 72.1 Å². The molecule has 2 aliphatic rings. The van der Waals surface area contributed by atoms with Gasteiger partial charge in [-0.15, -0.1) is 0 Å². The molecule has 1 aliphatic heterocycles. The quantitative estimate of drug-likeness (QED) is 0.735. The van der Waals surface area contributed by atoms with Crippen LogP contribution in [0.3, 0.4) is 0 Å². The minimum Gasteiger partial charge on any atom is -0.316 e. The third-order valence-corrected chi connectivity index (χ3v) is 5.65. The largest absolute Gasteiger partial charge is 0.316 e. The van der Waals surface area contributed by atoms with Gasteiger partial charge in [0.15, 0.2) is 0 Å². The van der Waals surface area contributed by atoms with Crippen LogP contribution in [0.5, 0.6) is 0 Å². The van der Waals surface area contributed by atoms with Crippen molar-refractivity contribution in [1.29, 1.82) is 0 Å². The number of nitrogens with zero attached hydrogens (tertiary/aromatic N) is 1. The van der Waals surface area contributed by atoms with E-state index in [1.54, 1.807) is 0 Å². The topological polar surface area (TPSA) is 15.3 Å². The Hall–Kier alpha value is -0.0800. The lowest BCUT2D eigenvalue weighted by atomic mass is 9.79. The number of hydrogen-bond donors (Lipinski definition) is 1. The van der Waals surface area contributed by atoms with Gasteiger partial charge in [-0.1, -0.05) is 46.5 Å². The molecule has 0 aromatic rings. The maximum atomic E-state index is 3.79. The minimum absolute atomic E-state index is 0.561.